The third-order valence-electron chi connectivity index (χ3n) is 4.85. The number of benzene rings is 2. The first-order valence-corrected chi connectivity index (χ1v) is 10.4. The summed E-state index contributed by atoms with van der Waals surface area (Å²) in [7, 11) is 1.47. The van der Waals surface area contributed by atoms with Crippen molar-refractivity contribution in [1.29, 1.82) is 0 Å². The molecule has 0 aliphatic heterocycles. The molecule has 0 aliphatic rings. The van der Waals surface area contributed by atoms with E-state index in [9.17, 15) is 25.2 Å². The zero-order valence-electron chi connectivity index (χ0n) is 18.3. The number of methoxy groups -OCH3 is 1. The molecule has 2 aromatic carbocycles. The van der Waals surface area contributed by atoms with E-state index in [1.54, 1.807) is 18.2 Å². The summed E-state index contributed by atoms with van der Waals surface area (Å²) in [6, 6.07) is 8.04. The molecule has 0 amide bonds. The lowest BCUT2D eigenvalue weighted by Gasteiger charge is -2.13. The minimum absolute atomic E-state index is 0.0377. The number of rotatable bonds is 12. The molecule has 31 heavy (non-hydrogen) atoms. The van der Waals surface area contributed by atoms with Gasteiger partial charge in [-0.15, -0.1) is 0 Å². The van der Waals surface area contributed by atoms with E-state index in [0.717, 1.165) is 5.56 Å². The van der Waals surface area contributed by atoms with Crippen molar-refractivity contribution < 1.29 is 34.7 Å². The molecule has 0 saturated heterocycles. The number of carbonyl (C=O) groups is 1. The second-order valence-electron chi connectivity index (χ2n) is 8.11. The Labute approximate surface area is 182 Å². The number of aliphatic hydroxyl groups excluding tert-OH is 1. The Morgan fingerprint density at radius 2 is 1.68 bits per heavy atom. The lowest BCUT2D eigenvalue weighted by Crippen LogP contribution is -2.15. The predicted molar refractivity (Wildman–Crippen MR) is 117 cm³/mol. The molecule has 0 bridgehead atoms. The first kappa shape index (κ1) is 24.3. The number of phenolic OH excluding ortho intramolecular Hbond substituents is 3. The highest BCUT2D eigenvalue weighted by atomic mass is 16.5. The number of hydrogen-bond donors (Lipinski definition) is 4. The first-order chi connectivity index (χ1) is 14.7. The van der Waals surface area contributed by atoms with E-state index in [2.05, 4.69) is 0 Å². The summed E-state index contributed by atoms with van der Waals surface area (Å²) < 4.78 is 10.6. The van der Waals surface area contributed by atoms with Crippen LogP contribution in [0.2, 0.25) is 0 Å². The Kier molecular flexibility index (Phi) is 9.00. The van der Waals surface area contributed by atoms with E-state index in [0.29, 0.717) is 37.2 Å². The van der Waals surface area contributed by atoms with Crippen molar-refractivity contribution >= 4 is 5.78 Å². The van der Waals surface area contributed by atoms with Crippen LogP contribution in [0.15, 0.2) is 30.3 Å². The van der Waals surface area contributed by atoms with Crippen molar-refractivity contribution in [2.24, 2.45) is 5.92 Å². The number of carbonyl (C=O) groups excluding carboxylic acids is 1. The number of ether oxygens (including phenoxy) is 2. The monoisotopic (exact) mass is 432 g/mol. The highest BCUT2D eigenvalue weighted by Gasteiger charge is 2.15. The van der Waals surface area contributed by atoms with Crippen molar-refractivity contribution in [3.05, 3.63) is 41.5 Å². The zero-order chi connectivity index (χ0) is 23.0. The summed E-state index contributed by atoms with van der Waals surface area (Å²) in [4.78, 5) is 12.3. The molecule has 0 spiro atoms. The van der Waals surface area contributed by atoms with E-state index in [1.165, 1.54) is 19.2 Å². The summed E-state index contributed by atoms with van der Waals surface area (Å²) in [6.07, 6.45) is 0.798. The molecular weight excluding hydrogens is 400 g/mol. The molecule has 2 rings (SSSR count). The van der Waals surface area contributed by atoms with Crippen LogP contribution in [0, 0.1) is 5.92 Å². The van der Waals surface area contributed by atoms with Crippen molar-refractivity contribution in [2.75, 3.05) is 13.7 Å². The van der Waals surface area contributed by atoms with Crippen LogP contribution >= 0.6 is 0 Å². The maximum atomic E-state index is 12.3. The lowest BCUT2D eigenvalue weighted by molar-refractivity contribution is -0.121. The molecule has 1 atom stereocenters. The second kappa shape index (κ2) is 11.5. The predicted octanol–water partition coefficient (Wildman–Crippen LogP) is 3.73. The van der Waals surface area contributed by atoms with Gasteiger partial charge in [0.1, 0.15) is 5.78 Å². The molecule has 1 unspecified atom stereocenters. The Morgan fingerprint density at radius 1 is 0.968 bits per heavy atom. The standard InChI is InChI=1S/C24H32O7/c1-15(2)14-31-23-12-17(10-21(28)24(23)29)5-8-19(26)13-18(25)7-4-16-6-9-20(27)22(11-16)30-3/h6,9-12,15,18,25,27-29H,4-5,7-8,13-14H2,1-3H3. The first-order valence-electron chi connectivity index (χ1n) is 10.4. The Morgan fingerprint density at radius 3 is 2.35 bits per heavy atom. The normalized spacial score (nSPS) is 12.0. The number of hydrogen-bond acceptors (Lipinski definition) is 7. The summed E-state index contributed by atoms with van der Waals surface area (Å²) in [5.74, 6) is 0.200. The fourth-order valence-electron chi connectivity index (χ4n) is 3.12. The number of aromatic hydroxyl groups is 3. The summed E-state index contributed by atoms with van der Waals surface area (Å²) in [5, 5.41) is 39.7. The van der Waals surface area contributed by atoms with Crippen LogP contribution in [-0.2, 0) is 17.6 Å². The van der Waals surface area contributed by atoms with E-state index < -0.39 is 6.10 Å². The zero-order valence-corrected chi connectivity index (χ0v) is 18.3. The molecule has 170 valence electrons. The average Bonchev–Trinajstić information content (AvgIpc) is 2.72. The van der Waals surface area contributed by atoms with Gasteiger partial charge in [0.05, 0.1) is 19.8 Å². The van der Waals surface area contributed by atoms with Crippen LogP contribution in [0.3, 0.4) is 0 Å². The van der Waals surface area contributed by atoms with E-state index in [-0.39, 0.29) is 47.5 Å². The van der Waals surface area contributed by atoms with Gasteiger partial charge in [-0.05, 0) is 60.6 Å². The van der Waals surface area contributed by atoms with Crippen LogP contribution < -0.4 is 9.47 Å². The van der Waals surface area contributed by atoms with E-state index >= 15 is 0 Å². The number of Topliss-reactive ketones (excluding diaryl/α,β-unsaturated/α-hetero) is 1. The maximum absolute atomic E-state index is 12.3. The van der Waals surface area contributed by atoms with Gasteiger partial charge in [-0.1, -0.05) is 19.9 Å². The largest absolute Gasteiger partial charge is 0.504 e. The van der Waals surface area contributed by atoms with Gasteiger partial charge in [0.15, 0.2) is 23.0 Å². The van der Waals surface area contributed by atoms with Crippen molar-refractivity contribution in [1.82, 2.24) is 0 Å². The summed E-state index contributed by atoms with van der Waals surface area (Å²) in [5.41, 5.74) is 1.57. The highest BCUT2D eigenvalue weighted by Crippen LogP contribution is 2.37. The molecule has 4 N–H and O–H groups in total. The molecule has 0 aliphatic carbocycles. The van der Waals surface area contributed by atoms with Gasteiger partial charge < -0.3 is 29.9 Å². The molecule has 7 nitrogen and oxygen atoms in total. The van der Waals surface area contributed by atoms with Crippen LogP contribution in [0.1, 0.15) is 44.2 Å². The lowest BCUT2D eigenvalue weighted by atomic mass is 9.99. The minimum atomic E-state index is -0.773. The van der Waals surface area contributed by atoms with Crippen molar-refractivity contribution in [3.63, 3.8) is 0 Å². The molecule has 2 aromatic rings. The topological polar surface area (TPSA) is 116 Å². The smallest absolute Gasteiger partial charge is 0.200 e. The number of aryl methyl sites for hydroxylation is 2. The summed E-state index contributed by atoms with van der Waals surface area (Å²) >= 11 is 0. The van der Waals surface area contributed by atoms with Gasteiger partial charge in [0.2, 0.25) is 5.75 Å². The average molecular weight is 433 g/mol. The Hall–Kier alpha value is -2.93. The van der Waals surface area contributed by atoms with Crippen molar-refractivity contribution in [2.45, 2.75) is 52.1 Å². The fraction of sp³-hybridized carbons (Fsp3) is 0.458. The van der Waals surface area contributed by atoms with Gasteiger partial charge in [0, 0.05) is 12.8 Å². The Bertz CT molecular complexity index is 876. The van der Waals surface area contributed by atoms with E-state index in [1.807, 2.05) is 13.8 Å². The SMILES string of the molecule is COc1cc(CCC(O)CC(=O)CCc2cc(O)c(O)c(OCC(C)C)c2)ccc1O. The highest BCUT2D eigenvalue weighted by molar-refractivity contribution is 5.79. The van der Waals surface area contributed by atoms with Crippen LogP contribution in [0.25, 0.3) is 0 Å². The van der Waals surface area contributed by atoms with Gasteiger partial charge >= 0.3 is 0 Å². The molecule has 0 radical (unpaired) electrons. The van der Waals surface area contributed by atoms with Crippen molar-refractivity contribution in [3.8, 4) is 28.7 Å². The number of ketones is 1. The molecule has 0 saturated carbocycles. The number of phenols is 3. The molecular formula is C24H32O7. The molecule has 0 heterocycles. The van der Waals surface area contributed by atoms with Crippen LogP contribution in [0.4, 0.5) is 0 Å². The number of aliphatic hydroxyl groups is 1. The van der Waals surface area contributed by atoms with Crippen LogP contribution in [0.5, 0.6) is 28.7 Å². The quantitative estimate of drug-likeness (QED) is 0.378. The minimum Gasteiger partial charge on any atom is -0.504 e. The molecule has 7 heteroatoms. The van der Waals surface area contributed by atoms with Gasteiger partial charge in [-0.25, -0.2) is 0 Å². The van der Waals surface area contributed by atoms with Gasteiger partial charge in [-0.3, -0.25) is 4.79 Å². The molecule has 0 aromatic heterocycles. The second-order valence-corrected chi connectivity index (χ2v) is 8.11. The van der Waals surface area contributed by atoms with Crippen LogP contribution in [-0.4, -0.2) is 46.0 Å². The Balaban J connectivity index is 1.84. The third kappa shape index (κ3) is 7.68. The van der Waals surface area contributed by atoms with Gasteiger partial charge in [-0.2, -0.15) is 0 Å². The third-order valence-corrected chi connectivity index (χ3v) is 4.85. The summed E-state index contributed by atoms with van der Waals surface area (Å²) in [6.45, 7) is 4.35. The molecule has 0 fully saturated rings. The fourth-order valence-corrected chi connectivity index (χ4v) is 3.12. The maximum Gasteiger partial charge on any atom is 0.200 e. The van der Waals surface area contributed by atoms with Gasteiger partial charge in [0.25, 0.3) is 0 Å². The van der Waals surface area contributed by atoms with E-state index in [4.69, 9.17) is 9.47 Å².